The lowest BCUT2D eigenvalue weighted by Gasteiger charge is -2.38. The topological polar surface area (TPSA) is 33.1 Å². The number of hydrogen-bond acceptors (Lipinski definition) is 3. The van der Waals surface area contributed by atoms with Gasteiger partial charge in [0, 0.05) is 44.6 Å². The normalized spacial score (nSPS) is 27.2. The predicted molar refractivity (Wildman–Crippen MR) is 65.2 cm³/mol. The van der Waals surface area contributed by atoms with Crippen LogP contribution in [0.15, 0.2) is 12.4 Å². The summed E-state index contributed by atoms with van der Waals surface area (Å²) in [6.07, 6.45) is 5.09. The molecular weight excluding hydrogens is 200 g/mol. The summed E-state index contributed by atoms with van der Waals surface area (Å²) < 4.78 is 2.11. The van der Waals surface area contributed by atoms with Crippen LogP contribution in [0.1, 0.15) is 26.1 Å². The molecule has 1 aliphatic rings. The number of nitrogens with one attached hydrogen (secondary N) is 1. The lowest BCUT2D eigenvalue weighted by atomic mass is 10.1. The second kappa shape index (κ2) is 4.97. The molecule has 0 saturated carbocycles. The van der Waals surface area contributed by atoms with Gasteiger partial charge in [0.15, 0.2) is 0 Å². The molecule has 1 fully saturated rings. The van der Waals surface area contributed by atoms with Crippen LogP contribution in [0.4, 0.5) is 0 Å². The van der Waals surface area contributed by atoms with Crippen molar-refractivity contribution in [1.82, 2.24) is 19.8 Å². The highest BCUT2D eigenvalue weighted by molar-refractivity contribution is 4.94. The lowest BCUT2D eigenvalue weighted by Crippen LogP contribution is -2.54. The Morgan fingerprint density at radius 2 is 2.38 bits per heavy atom. The Kier molecular flexibility index (Phi) is 3.61. The van der Waals surface area contributed by atoms with Gasteiger partial charge in [-0.05, 0) is 13.3 Å². The molecule has 90 valence electrons. The zero-order chi connectivity index (χ0) is 11.5. The van der Waals surface area contributed by atoms with Crippen LogP contribution in [0.2, 0.25) is 0 Å². The van der Waals surface area contributed by atoms with Crippen molar-refractivity contribution in [3.63, 3.8) is 0 Å². The Morgan fingerprint density at radius 1 is 1.56 bits per heavy atom. The third kappa shape index (κ3) is 2.44. The SMILES string of the molecule is CCC1CN(Cc2nccn2C)C(C)CN1. The standard InChI is InChI=1S/C12H22N4/c1-4-11-8-16(10(2)7-14-11)9-12-13-5-6-15(12)3/h5-6,10-11,14H,4,7-9H2,1-3H3. The van der Waals surface area contributed by atoms with Crippen LogP contribution in [-0.4, -0.2) is 39.6 Å². The third-order valence-electron chi connectivity index (χ3n) is 3.54. The van der Waals surface area contributed by atoms with Gasteiger partial charge in [-0.1, -0.05) is 6.92 Å². The van der Waals surface area contributed by atoms with E-state index in [9.17, 15) is 0 Å². The molecule has 0 radical (unpaired) electrons. The molecule has 1 saturated heterocycles. The van der Waals surface area contributed by atoms with E-state index in [1.807, 2.05) is 12.4 Å². The average molecular weight is 222 g/mol. The number of aryl methyl sites for hydroxylation is 1. The van der Waals surface area contributed by atoms with Crippen LogP contribution in [0, 0.1) is 0 Å². The fourth-order valence-electron chi connectivity index (χ4n) is 2.22. The van der Waals surface area contributed by atoms with Crippen molar-refractivity contribution in [2.24, 2.45) is 7.05 Å². The second-order valence-electron chi connectivity index (χ2n) is 4.75. The van der Waals surface area contributed by atoms with Crippen LogP contribution >= 0.6 is 0 Å². The van der Waals surface area contributed by atoms with Crippen molar-refractivity contribution >= 4 is 0 Å². The number of hydrogen-bond donors (Lipinski definition) is 1. The van der Waals surface area contributed by atoms with E-state index in [1.165, 1.54) is 6.42 Å². The van der Waals surface area contributed by atoms with Gasteiger partial charge >= 0.3 is 0 Å². The van der Waals surface area contributed by atoms with Crippen LogP contribution in [-0.2, 0) is 13.6 Å². The van der Waals surface area contributed by atoms with E-state index < -0.39 is 0 Å². The smallest absolute Gasteiger partial charge is 0.122 e. The van der Waals surface area contributed by atoms with Gasteiger partial charge in [-0.25, -0.2) is 4.98 Å². The van der Waals surface area contributed by atoms with Gasteiger partial charge < -0.3 is 9.88 Å². The highest BCUT2D eigenvalue weighted by atomic mass is 15.2. The maximum atomic E-state index is 4.40. The van der Waals surface area contributed by atoms with Crippen molar-refractivity contribution in [1.29, 1.82) is 0 Å². The molecule has 2 unspecified atom stereocenters. The van der Waals surface area contributed by atoms with Gasteiger partial charge in [0.25, 0.3) is 0 Å². The molecule has 2 heterocycles. The minimum atomic E-state index is 0.597. The monoisotopic (exact) mass is 222 g/mol. The molecule has 0 spiro atoms. The summed E-state index contributed by atoms with van der Waals surface area (Å²) in [4.78, 5) is 6.92. The second-order valence-corrected chi connectivity index (χ2v) is 4.75. The fraction of sp³-hybridized carbons (Fsp3) is 0.750. The van der Waals surface area contributed by atoms with Gasteiger partial charge in [-0.3, -0.25) is 4.90 Å². The van der Waals surface area contributed by atoms with E-state index in [2.05, 4.69) is 40.7 Å². The summed E-state index contributed by atoms with van der Waals surface area (Å²) in [5.74, 6) is 1.16. The Bertz CT molecular complexity index is 334. The average Bonchev–Trinajstić information content (AvgIpc) is 2.68. The maximum Gasteiger partial charge on any atom is 0.122 e. The van der Waals surface area contributed by atoms with E-state index in [4.69, 9.17) is 0 Å². The predicted octanol–water partition coefficient (Wildman–Crippen LogP) is 0.992. The van der Waals surface area contributed by atoms with Gasteiger partial charge in [0.1, 0.15) is 5.82 Å². The first-order valence-electron chi connectivity index (χ1n) is 6.14. The Balaban J connectivity index is 1.99. The van der Waals surface area contributed by atoms with Crippen LogP contribution < -0.4 is 5.32 Å². The van der Waals surface area contributed by atoms with Gasteiger partial charge in [-0.15, -0.1) is 0 Å². The third-order valence-corrected chi connectivity index (χ3v) is 3.54. The largest absolute Gasteiger partial charge is 0.337 e. The van der Waals surface area contributed by atoms with Crippen molar-refractivity contribution in [3.05, 3.63) is 18.2 Å². The lowest BCUT2D eigenvalue weighted by molar-refractivity contribution is 0.127. The highest BCUT2D eigenvalue weighted by Crippen LogP contribution is 2.12. The van der Waals surface area contributed by atoms with Crippen molar-refractivity contribution in [3.8, 4) is 0 Å². The number of nitrogens with zero attached hydrogens (tertiary/aromatic N) is 3. The number of imidazole rings is 1. The fourth-order valence-corrected chi connectivity index (χ4v) is 2.22. The van der Waals surface area contributed by atoms with E-state index in [-0.39, 0.29) is 0 Å². The zero-order valence-corrected chi connectivity index (χ0v) is 10.5. The van der Waals surface area contributed by atoms with Crippen molar-refractivity contribution in [2.45, 2.75) is 38.9 Å². The minimum Gasteiger partial charge on any atom is -0.337 e. The number of aromatic nitrogens is 2. The van der Waals surface area contributed by atoms with E-state index in [1.54, 1.807) is 0 Å². The molecule has 1 aromatic heterocycles. The molecule has 4 heteroatoms. The van der Waals surface area contributed by atoms with Gasteiger partial charge in [-0.2, -0.15) is 0 Å². The van der Waals surface area contributed by atoms with E-state index in [0.717, 1.165) is 25.5 Å². The molecule has 1 N–H and O–H groups in total. The molecular formula is C12H22N4. The molecule has 1 aliphatic heterocycles. The van der Waals surface area contributed by atoms with Crippen molar-refractivity contribution in [2.75, 3.05) is 13.1 Å². The molecule has 0 bridgehead atoms. The Hall–Kier alpha value is -0.870. The molecule has 0 aliphatic carbocycles. The summed E-state index contributed by atoms with van der Waals surface area (Å²) in [7, 11) is 2.06. The van der Waals surface area contributed by atoms with Gasteiger partial charge in [0.05, 0.1) is 6.54 Å². The van der Waals surface area contributed by atoms with E-state index in [0.29, 0.717) is 12.1 Å². The molecule has 16 heavy (non-hydrogen) atoms. The summed E-state index contributed by atoms with van der Waals surface area (Å²) in [6, 6.07) is 1.23. The first kappa shape index (κ1) is 11.6. The Labute approximate surface area is 97.7 Å². The molecule has 2 rings (SSSR count). The molecule has 1 aromatic rings. The quantitative estimate of drug-likeness (QED) is 0.828. The van der Waals surface area contributed by atoms with Crippen LogP contribution in [0.25, 0.3) is 0 Å². The summed E-state index contributed by atoms with van der Waals surface area (Å²) in [5, 5.41) is 3.57. The summed E-state index contributed by atoms with van der Waals surface area (Å²) in [5.41, 5.74) is 0. The molecule has 2 atom stereocenters. The molecule has 0 aromatic carbocycles. The van der Waals surface area contributed by atoms with Gasteiger partial charge in [0.2, 0.25) is 0 Å². The molecule has 4 nitrogen and oxygen atoms in total. The first-order valence-corrected chi connectivity index (χ1v) is 6.14. The zero-order valence-electron chi connectivity index (χ0n) is 10.5. The number of piperazine rings is 1. The highest BCUT2D eigenvalue weighted by Gasteiger charge is 2.24. The van der Waals surface area contributed by atoms with Crippen LogP contribution in [0.3, 0.4) is 0 Å². The minimum absolute atomic E-state index is 0.597. The van der Waals surface area contributed by atoms with E-state index >= 15 is 0 Å². The maximum absolute atomic E-state index is 4.40. The van der Waals surface area contributed by atoms with Crippen molar-refractivity contribution < 1.29 is 0 Å². The number of rotatable bonds is 3. The summed E-state index contributed by atoms with van der Waals surface area (Å²) >= 11 is 0. The molecule has 0 amide bonds. The first-order chi connectivity index (χ1) is 7.70. The van der Waals surface area contributed by atoms with Crippen LogP contribution in [0.5, 0.6) is 0 Å². The Morgan fingerprint density at radius 3 is 3.00 bits per heavy atom. The summed E-state index contributed by atoms with van der Waals surface area (Å²) in [6.45, 7) is 7.70.